The van der Waals surface area contributed by atoms with Crippen molar-refractivity contribution in [3.63, 3.8) is 0 Å². The molecule has 1 nitrogen and oxygen atoms in total. The fourth-order valence-electron chi connectivity index (χ4n) is 2.56. The van der Waals surface area contributed by atoms with Crippen LogP contribution in [0.3, 0.4) is 0 Å². The second-order valence-corrected chi connectivity index (χ2v) is 4.88. The summed E-state index contributed by atoms with van der Waals surface area (Å²) in [7, 11) is 0. The lowest BCUT2D eigenvalue weighted by molar-refractivity contribution is 0.302. The van der Waals surface area contributed by atoms with Crippen LogP contribution in [0.2, 0.25) is 0 Å². The first-order valence-corrected chi connectivity index (χ1v) is 6.48. The van der Waals surface area contributed by atoms with Crippen molar-refractivity contribution in [2.45, 2.75) is 71.9 Å². The zero-order valence-electron chi connectivity index (χ0n) is 10.3. The summed E-state index contributed by atoms with van der Waals surface area (Å²) >= 11 is 0. The highest BCUT2D eigenvalue weighted by atomic mass is 15.0. The zero-order chi connectivity index (χ0) is 10.6. The minimum Gasteiger partial charge on any atom is -0.311 e. The van der Waals surface area contributed by atoms with Crippen LogP contribution < -0.4 is 5.32 Å². The van der Waals surface area contributed by atoms with Gasteiger partial charge in [0.05, 0.1) is 0 Å². The monoisotopic (exact) mass is 197 g/mol. The molecule has 1 rings (SSSR count). The van der Waals surface area contributed by atoms with E-state index >= 15 is 0 Å². The molecule has 84 valence electrons. The number of hydrogen-bond acceptors (Lipinski definition) is 1. The van der Waals surface area contributed by atoms with Gasteiger partial charge in [-0.15, -0.1) is 0 Å². The van der Waals surface area contributed by atoms with Crippen LogP contribution in [0.4, 0.5) is 0 Å². The van der Waals surface area contributed by atoms with Gasteiger partial charge in [-0.1, -0.05) is 33.6 Å². The Morgan fingerprint density at radius 2 is 1.64 bits per heavy atom. The summed E-state index contributed by atoms with van der Waals surface area (Å²) in [6.45, 7) is 9.30. The minimum atomic E-state index is 0.704. The normalized spacial score (nSPS) is 21.2. The van der Waals surface area contributed by atoms with E-state index < -0.39 is 0 Å². The Balaban J connectivity index is 2.32. The van der Waals surface area contributed by atoms with Gasteiger partial charge in [0.1, 0.15) is 0 Å². The molecule has 0 aromatic heterocycles. The summed E-state index contributed by atoms with van der Waals surface area (Å²) < 4.78 is 0. The third-order valence-electron chi connectivity index (χ3n) is 3.86. The molecule has 0 saturated heterocycles. The van der Waals surface area contributed by atoms with Gasteiger partial charge in [0.15, 0.2) is 0 Å². The lowest BCUT2D eigenvalue weighted by atomic mass is 9.94. The smallest absolute Gasteiger partial charge is 0.00952 e. The molecule has 0 radical (unpaired) electrons. The van der Waals surface area contributed by atoms with Gasteiger partial charge < -0.3 is 5.32 Å². The second-order valence-electron chi connectivity index (χ2n) is 4.88. The van der Waals surface area contributed by atoms with Crippen LogP contribution in [0.25, 0.3) is 0 Å². The summed E-state index contributed by atoms with van der Waals surface area (Å²) in [5.41, 5.74) is 0. The molecule has 1 aliphatic carbocycles. The lowest BCUT2D eigenvalue weighted by Gasteiger charge is -2.27. The van der Waals surface area contributed by atoms with Crippen molar-refractivity contribution in [1.82, 2.24) is 5.32 Å². The third kappa shape index (κ3) is 3.27. The maximum absolute atomic E-state index is 3.83. The summed E-state index contributed by atoms with van der Waals surface area (Å²) in [5.74, 6) is 1.86. The lowest BCUT2D eigenvalue weighted by Crippen LogP contribution is -2.41. The Hall–Kier alpha value is -0.0400. The van der Waals surface area contributed by atoms with Crippen LogP contribution >= 0.6 is 0 Å². The Morgan fingerprint density at radius 1 is 1.07 bits per heavy atom. The first kappa shape index (κ1) is 12.0. The molecular formula is C13H27N. The topological polar surface area (TPSA) is 12.0 Å². The molecule has 2 atom stereocenters. The molecule has 1 N–H and O–H groups in total. The van der Waals surface area contributed by atoms with E-state index in [0.29, 0.717) is 6.04 Å². The van der Waals surface area contributed by atoms with Gasteiger partial charge in [-0.2, -0.15) is 0 Å². The molecule has 0 aromatic carbocycles. The van der Waals surface area contributed by atoms with E-state index in [1.807, 2.05) is 0 Å². The molecule has 1 fully saturated rings. The van der Waals surface area contributed by atoms with Crippen LogP contribution in [0.15, 0.2) is 0 Å². The van der Waals surface area contributed by atoms with Gasteiger partial charge in [0.2, 0.25) is 0 Å². The van der Waals surface area contributed by atoms with Crippen LogP contribution in [0.5, 0.6) is 0 Å². The van der Waals surface area contributed by atoms with E-state index in [-0.39, 0.29) is 0 Å². The maximum atomic E-state index is 3.83. The standard InChI is InChI=1S/C13H27N/c1-5-11(6-2)10(4)14-13(7-3)12-8-9-12/h10-14H,5-9H2,1-4H3. The van der Waals surface area contributed by atoms with Crippen molar-refractivity contribution in [2.24, 2.45) is 11.8 Å². The predicted octanol–water partition coefficient (Wildman–Crippen LogP) is 3.59. The quantitative estimate of drug-likeness (QED) is 0.657. The third-order valence-corrected chi connectivity index (χ3v) is 3.86. The van der Waals surface area contributed by atoms with Crippen LogP contribution in [0, 0.1) is 11.8 Å². The molecule has 1 saturated carbocycles. The van der Waals surface area contributed by atoms with Gasteiger partial charge in [0.25, 0.3) is 0 Å². The van der Waals surface area contributed by atoms with Gasteiger partial charge >= 0.3 is 0 Å². The first-order valence-electron chi connectivity index (χ1n) is 6.48. The number of rotatable bonds is 7. The first-order chi connectivity index (χ1) is 6.72. The SMILES string of the molecule is CCC(CC)C(C)NC(CC)C1CC1. The van der Waals surface area contributed by atoms with Gasteiger partial charge in [-0.05, 0) is 38.0 Å². The summed E-state index contributed by atoms with van der Waals surface area (Å²) in [4.78, 5) is 0. The van der Waals surface area contributed by atoms with Crippen molar-refractivity contribution in [3.05, 3.63) is 0 Å². The molecule has 14 heavy (non-hydrogen) atoms. The number of nitrogens with one attached hydrogen (secondary N) is 1. The Bertz CT molecular complexity index is 147. The molecule has 2 unspecified atom stereocenters. The Kier molecular flexibility index (Phi) is 4.94. The van der Waals surface area contributed by atoms with Crippen molar-refractivity contribution in [1.29, 1.82) is 0 Å². The molecule has 0 spiro atoms. The van der Waals surface area contributed by atoms with Crippen molar-refractivity contribution in [3.8, 4) is 0 Å². The Morgan fingerprint density at radius 3 is 2.00 bits per heavy atom. The summed E-state index contributed by atoms with van der Waals surface area (Å²) in [6, 6.07) is 1.50. The molecule has 0 heterocycles. The number of hydrogen-bond donors (Lipinski definition) is 1. The van der Waals surface area contributed by atoms with E-state index in [9.17, 15) is 0 Å². The molecule has 0 bridgehead atoms. The molecule has 0 amide bonds. The fraction of sp³-hybridized carbons (Fsp3) is 1.00. The highest BCUT2D eigenvalue weighted by molar-refractivity contribution is 4.87. The average molecular weight is 197 g/mol. The van der Waals surface area contributed by atoms with Crippen molar-refractivity contribution >= 4 is 0 Å². The van der Waals surface area contributed by atoms with E-state index in [4.69, 9.17) is 0 Å². The van der Waals surface area contributed by atoms with Crippen LogP contribution in [-0.4, -0.2) is 12.1 Å². The molecule has 1 heteroatoms. The van der Waals surface area contributed by atoms with Gasteiger partial charge in [0, 0.05) is 12.1 Å². The van der Waals surface area contributed by atoms with E-state index in [1.165, 1.54) is 32.1 Å². The van der Waals surface area contributed by atoms with Gasteiger partial charge in [-0.3, -0.25) is 0 Å². The van der Waals surface area contributed by atoms with Crippen molar-refractivity contribution < 1.29 is 0 Å². The van der Waals surface area contributed by atoms with E-state index in [1.54, 1.807) is 0 Å². The summed E-state index contributed by atoms with van der Waals surface area (Å²) in [5, 5.41) is 3.83. The van der Waals surface area contributed by atoms with Gasteiger partial charge in [-0.25, -0.2) is 0 Å². The fourth-order valence-corrected chi connectivity index (χ4v) is 2.56. The largest absolute Gasteiger partial charge is 0.311 e. The molecule has 0 aliphatic heterocycles. The molecule has 0 aromatic rings. The van der Waals surface area contributed by atoms with Crippen molar-refractivity contribution in [2.75, 3.05) is 0 Å². The average Bonchev–Trinajstić information content (AvgIpc) is 2.99. The van der Waals surface area contributed by atoms with Crippen LogP contribution in [0.1, 0.15) is 59.8 Å². The van der Waals surface area contributed by atoms with E-state index in [0.717, 1.165) is 17.9 Å². The zero-order valence-corrected chi connectivity index (χ0v) is 10.3. The highest BCUT2D eigenvalue weighted by Crippen LogP contribution is 2.34. The second kappa shape index (κ2) is 5.75. The molecular weight excluding hydrogens is 170 g/mol. The minimum absolute atomic E-state index is 0.704. The van der Waals surface area contributed by atoms with E-state index in [2.05, 4.69) is 33.0 Å². The maximum Gasteiger partial charge on any atom is 0.00952 e. The molecule has 1 aliphatic rings. The highest BCUT2D eigenvalue weighted by Gasteiger charge is 2.31. The van der Waals surface area contributed by atoms with Crippen LogP contribution in [-0.2, 0) is 0 Å². The summed E-state index contributed by atoms with van der Waals surface area (Å²) in [6.07, 6.45) is 6.84. The Labute approximate surface area is 89.7 Å². The predicted molar refractivity (Wildman–Crippen MR) is 63.5 cm³/mol.